The van der Waals surface area contributed by atoms with Gasteiger partial charge in [0.25, 0.3) is 0 Å². The standard InChI is InChI=1S/C22H27N5O2/c1-14-8-19(26-7-6-21(3,29)12-26)25-20(9-14)27-13-22(4-5-22)16-11-23-18(10-17(16)27)24-15(2)28/h8-11,29H,4-7,12-13H2,1-3H3,(H,23,24,28). The Kier molecular flexibility index (Phi) is 3.90. The molecule has 2 N–H and O–H groups in total. The molecule has 5 rings (SSSR count). The molecule has 1 spiro atoms. The second kappa shape index (κ2) is 6.16. The van der Waals surface area contributed by atoms with E-state index in [2.05, 4.69) is 39.2 Å². The first-order valence-corrected chi connectivity index (χ1v) is 10.3. The lowest BCUT2D eigenvalue weighted by Crippen LogP contribution is -2.30. The monoisotopic (exact) mass is 393 g/mol. The number of fused-ring (bicyclic) bond motifs is 2. The zero-order chi connectivity index (χ0) is 20.4. The van der Waals surface area contributed by atoms with Crippen molar-refractivity contribution in [1.29, 1.82) is 0 Å². The number of aryl methyl sites for hydroxylation is 1. The molecule has 1 aliphatic carbocycles. The fraction of sp³-hybridized carbons (Fsp3) is 0.500. The summed E-state index contributed by atoms with van der Waals surface area (Å²) in [6.07, 6.45) is 4.98. The summed E-state index contributed by atoms with van der Waals surface area (Å²) in [5.74, 6) is 2.27. The minimum absolute atomic E-state index is 0.125. The minimum atomic E-state index is -0.664. The number of pyridine rings is 2. The van der Waals surface area contributed by atoms with Gasteiger partial charge in [-0.15, -0.1) is 0 Å². The number of hydrogen-bond donors (Lipinski definition) is 2. The fourth-order valence-electron chi connectivity index (χ4n) is 4.65. The maximum atomic E-state index is 11.5. The third kappa shape index (κ3) is 3.23. The van der Waals surface area contributed by atoms with E-state index in [4.69, 9.17) is 4.98 Å². The normalized spacial score (nSPS) is 24.1. The predicted molar refractivity (Wildman–Crippen MR) is 113 cm³/mol. The number of rotatable bonds is 3. The fourth-order valence-corrected chi connectivity index (χ4v) is 4.65. The third-order valence-corrected chi connectivity index (χ3v) is 6.36. The lowest BCUT2D eigenvalue weighted by molar-refractivity contribution is -0.114. The van der Waals surface area contributed by atoms with E-state index in [9.17, 15) is 9.90 Å². The van der Waals surface area contributed by atoms with Gasteiger partial charge < -0.3 is 20.2 Å². The van der Waals surface area contributed by atoms with Crippen LogP contribution in [0.1, 0.15) is 44.2 Å². The summed E-state index contributed by atoms with van der Waals surface area (Å²) in [5, 5.41) is 13.2. The van der Waals surface area contributed by atoms with Crippen molar-refractivity contribution in [3.63, 3.8) is 0 Å². The zero-order valence-electron chi connectivity index (χ0n) is 17.2. The Hall–Kier alpha value is -2.67. The summed E-state index contributed by atoms with van der Waals surface area (Å²) in [7, 11) is 0. The molecule has 0 bridgehead atoms. The van der Waals surface area contributed by atoms with Gasteiger partial charge in [0.15, 0.2) is 0 Å². The Morgan fingerprint density at radius 3 is 2.59 bits per heavy atom. The molecule has 2 aromatic rings. The van der Waals surface area contributed by atoms with Crippen LogP contribution in [0.15, 0.2) is 24.4 Å². The number of nitrogens with zero attached hydrogens (tertiary/aromatic N) is 4. The number of aromatic nitrogens is 2. The summed E-state index contributed by atoms with van der Waals surface area (Å²) in [4.78, 5) is 25.3. The Balaban J connectivity index is 1.53. The number of hydrogen-bond acceptors (Lipinski definition) is 6. The van der Waals surface area contributed by atoms with Gasteiger partial charge in [0.05, 0.1) is 11.3 Å². The van der Waals surface area contributed by atoms with Crippen molar-refractivity contribution < 1.29 is 9.90 Å². The lowest BCUT2D eigenvalue weighted by Gasteiger charge is -2.24. The van der Waals surface area contributed by atoms with Gasteiger partial charge in [0, 0.05) is 49.8 Å². The van der Waals surface area contributed by atoms with Gasteiger partial charge >= 0.3 is 0 Å². The SMILES string of the molecule is CC(=O)Nc1cc2c(cn1)C1(CC1)CN2c1cc(C)cc(N2CCC(C)(O)C2)n1. The van der Waals surface area contributed by atoms with Gasteiger partial charge in [-0.2, -0.15) is 0 Å². The Bertz CT molecular complexity index is 999. The quantitative estimate of drug-likeness (QED) is 0.835. The Morgan fingerprint density at radius 1 is 1.17 bits per heavy atom. The van der Waals surface area contributed by atoms with Gasteiger partial charge in [-0.1, -0.05) is 0 Å². The Morgan fingerprint density at radius 2 is 1.93 bits per heavy atom. The molecule has 2 aromatic heterocycles. The summed E-state index contributed by atoms with van der Waals surface area (Å²) >= 11 is 0. The van der Waals surface area contributed by atoms with Crippen LogP contribution in [0, 0.1) is 6.92 Å². The van der Waals surface area contributed by atoms with Crippen LogP contribution in [0.2, 0.25) is 0 Å². The number of β-amino-alcohol motifs (C(OH)–C–C–N with tert-alkyl or cyclic N) is 1. The van der Waals surface area contributed by atoms with Crippen molar-refractivity contribution in [2.24, 2.45) is 0 Å². The molecule has 1 amide bonds. The molecule has 152 valence electrons. The topological polar surface area (TPSA) is 81.6 Å². The molecule has 1 saturated carbocycles. The molecule has 2 fully saturated rings. The number of carbonyl (C=O) groups excluding carboxylic acids is 1. The first kappa shape index (κ1) is 18.4. The van der Waals surface area contributed by atoms with Crippen LogP contribution in [0.5, 0.6) is 0 Å². The van der Waals surface area contributed by atoms with Crippen molar-refractivity contribution >= 4 is 29.0 Å². The van der Waals surface area contributed by atoms with Crippen LogP contribution in [0.25, 0.3) is 0 Å². The summed E-state index contributed by atoms with van der Waals surface area (Å²) in [6, 6.07) is 6.17. The smallest absolute Gasteiger partial charge is 0.222 e. The molecular weight excluding hydrogens is 366 g/mol. The van der Waals surface area contributed by atoms with Gasteiger partial charge in [0.2, 0.25) is 5.91 Å². The summed E-state index contributed by atoms with van der Waals surface area (Å²) in [5.41, 5.74) is 2.98. The largest absolute Gasteiger partial charge is 0.388 e. The highest BCUT2D eigenvalue weighted by molar-refractivity contribution is 5.89. The molecule has 0 radical (unpaired) electrons. The number of aliphatic hydroxyl groups is 1. The molecule has 1 atom stereocenters. The number of amides is 1. The van der Waals surface area contributed by atoms with Crippen molar-refractivity contribution in [2.75, 3.05) is 34.8 Å². The first-order valence-electron chi connectivity index (χ1n) is 10.3. The second-order valence-corrected chi connectivity index (χ2v) is 9.16. The highest BCUT2D eigenvalue weighted by atomic mass is 16.3. The molecule has 2 aliphatic heterocycles. The van der Waals surface area contributed by atoms with Crippen LogP contribution < -0.4 is 15.1 Å². The molecule has 4 heterocycles. The van der Waals surface area contributed by atoms with E-state index >= 15 is 0 Å². The predicted octanol–water partition coefficient (Wildman–Crippen LogP) is 2.89. The minimum Gasteiger partial charge on any atom is -0.388 e. The maximum Gasteiger partial charge on any atom is 0.222 e. The molecule has 7 heteroatoms. The third-order valence-electron chi connectivity index (χ3n) is 6.36. The molecule has 1 saturated heterocycles. The van der Waals surface area contributed by atoms with E-state index in [1.165, 1.54) is 12.5 Å². The van der Waals surface area contributed by atoms with Crippen LogP contribution in [-0.4, -0.2) is 46.2 Å². The average Bonchev–Trinajstić information content (AvgIpc) is 3.22. The van der Waals surface area contributed by atoms with Gasteiger partial charge in [-0.25, -0.2) is 9.97 Å². The zero-order valence-corrected chi connectivity index (χ0v) is 17.2. The maximum absolute atomic E-state index is 11.5. The van der Waals surface area contributed by atoms with E-state index in [0.717, 1.165) is 55.2 Å². The van der Waals surface area contributed by atoms with Crippen molar-refractivity contribution in [3.8, 4) is 0 Å². The molecular formula is C22H27N5O2. The van der Waals surface area contributed by atoms with Crippen molar-refractivity contribution in [2.45, 2.75) is 51.0 Å². The van der Waals surface area contributed by atoms with E-state index in [-0.39, 0.29) is 11.3 Å². The molecule has 7 nitrogen and oxygen atoms in total. The first-order chi connectivity index (χ1) is 13.7. The van der Waals surface area contributed by atoms with Crippen LogP contribution in [0.3, 0.4) is 0 Å². The molecule has 1 unspecified atom stereocenters. The highest BCUT2D eigenvalue weighted by Gasteiger charge is 2.52. The number of carbonyl (C=O) groups is 1. The molecule has 3 aliphatic rings. The van der Waals surface area contributed by atoms with E-state index in [1.54, 1.807) is 0 Å². The lowest BCUT2D eigenvalue weighted by atomic mass is 10.0. The van der Waals surface area contributed by atoms with Gasteiger partial charge in [0.1, 0.15) is 17.5 Å². The van der Waals surface area contributed by atoms with Gasteiger partial charge in [-0.3, -0.25) is 4.79 Å². The van der Waals surface area contributed by atoms with E-state index < -0.39 is 5.60 Å². The van der Waals surface area contributed by atoms with E-state index in [0.29, 0.717) is 12.4 Å². The highest BCUT2D eigenvalue weighted by Crippen LogP contribution is 2.58. The summed E-state index contributed by atoms with van der Waals surface area (Å²) < 4.78 is 0. The van der Waals surface area contributed by atoms with E-state index in [1.807, 2.05) is 19.2 Å². The Labute approximate surface area is 170 Å². The number of anilines is 4. The second-order valence-electron chi connectivity index (χ2n) is 9.16. The van der Waals surface area contributed by atoms with Crippen molar-refractivity contribution in [3.05, 3.63) is 35.5 Å². The van der Waals surface area contributed by atoms with Crippen molar-refractivity contribution in [1.82, 2.24) is 9.97 Å². The van der Waals surface area contributed by atoms with Crippen LogP contribution in [0.4, 0.5) is 23.1 Å². The number of nitrogens with one attached hydrogen (secondary N) is 1. The van der Waals surface area contributed by atoms with Crippen LogP contribution >= 0.6 is 0 Å². The molecule has 29 heavy (non-hydrogen) atoms. The van der Waals surface area contributed by atoms with Crippen LogP contribution in [-0.2, 0) is 10.2 Å². The average molecular weight is 393 g/mol. The van der Waals surface area contributed by atoms with Gasteiger partial charge in [-0.05, 0) is 50.8 Å². The molecule has 0 aromatic carbocycles. The summed E-state index contributed by atoms with van der Waals surface area (Å²) in [6.45, 7) is 7.76.